The van der Waals surface area contributed by atoms with E-state index in [1.807, 2.05) is 0 Å². The van der Waals surface area contributed by atoms with Gasteiger partial charge in [-0.25, -0.2) is 0 Å². The first-order valence-electron chi connectivity index (χ1n) is 8.09. The Morgan fingerprint density at radius 3 is 2.70 bits per heavy atom. The molecule has 0 aromatic rings. The van der Waals surface area contributed by atoms with Gasteiger partial charge >= 0.3 is 5.97 Å². The SMILES string of the molecule is CCCC1CCCN(C(C)CC(C)(NC)C(=O)O)CC1. The third-order valence-corrected chi connectivity index (χ3v) is 4.93. The van der Waals surface area contributed by atoms with Gasteiger partial charge in [-0.05, 0) is 65.6 Å². The summed E-state index contributed by atoms with van der Waals surface area (Å²) in [5.74, 6) is 0.109. The number of hydrogen-bond donors (Lipinski definition) is 2. The summed E-state index contributed by atoms with van der Waals surface area (Å²) < 4.78 is 0. The Bertz CT molecular complexity index is 309. The number of nitrogens with one attached hydrogen (secondary N) is 1. The molecule has 1 saturated heterocycles. The highest BCUT2D eigenvalue weighted by Crippen LogP contribution is 2.25. The quantitative estimate of drug-likeness (QED) is 0.755. The maximum atomic E-state index is 11.4. The Morgan fingerprint density at radius 2 is 2.15 bits per heavy atom. The molecule has 0 amide bonds. The Hall–Kier alpha value is -0.610. The van der Waals surface area contributed by atoms with Gasteiger partial charge in [0.2, 0.25) is 0 Å². The molecule has 2 N–H and O–H groups in total. The summed E-state index contributed by atoms with van der Waals surface area (Å²) in [7, 11) is 1.74. The molecule has 1 fully saturated rings. The first-order valence-corrected chi connectivity index (χ1v) is 8.09. The molecule has 0 aromatic heterocycles. The number of carboxylic acids is 1. The minimum absolute atomic E-state index is 0.309. The van der Waals surface area contributed by atoms with Crippen molar-refractivity contribution in [2.75, 3.05) is 20.1 Å². The van der Waals surface area contributed by atoms with E-state index in [1.54, 1.807) is 14.0 Å². The third-order valence-electron chi connectivity index (χ3n) is 4.93. The van der Waals surface area contributed by atoms with Gasteiger partial charge in [0.1, 0.15) is 5.54 Å². The highest BCUT2D eigenvalue weighted by atomic mass is 16.4. The van der Waals surface area contributed by atoms with Crippen molar-refractivity contribution in [3.05, 3.63) is 0 Å². The number of hydrogen-bond acceptors (Lipinski definition) is 3. The van der Waals surface area contributed by atoms with Gasteiger partial charge in [0.05, 0.1) is 0 Å². The van der Waals surface area contributed by atoms with Crippen LogP contribution in [-0.4, -0.2) is 47.7 Å². The average Bonchev–Trinajstić information content (AvgIpc) is 2.64. The lowest BCUT2D eigenvalue weighted by molar-refractivity contribution is -0.144. The predicted molar refractivity (Wildman–Crippen MR) is 83.0 cm³/mol. The molecule has 0 aromatic carbocycles. The first-order chi connectivity index (χ1) is 9.42. The van der Waals surface area contributed by atoms with Crippen molar-refractivity contribution < 1.29 is 9.90 Å². The maximum absolute atomic E-state index is 11.4. The van der Waals surface area contributed by atoms with Gasteiger partial charge in [0, 0.05) is 6.04 Å². The summed E-state index contributed by atoms with van der Waals surface area (Å²) in [4.78, 5) is 13.9. The van der Waals surface area contributed by atoms with Crippen LogP contribution in [0, 0.1) is 5.92 Å². The number of aliphatic carboxylic acids is 1. The smallest absolute Gasteiger partial charge is 0.323 e. The van der Waals surface area contributed by atoms with E-state index >= 15 is 0 Å². The predicted octanol–water partition coefficient (Wildman–Crippen LogP) is 2.73. The Kier molecular flexibility index (Phi) is 6.96. The number of likely N-dealkylation sites (N-methyl/N-ethyl adjacent to an activating group) is 1. The van der Waals surface area contributed by atoms with Gasteiger partial charge in [-0.1, -0.05) is 19.8 Å². The second-order valence-corrected chi connectivity index (χ2v) is 6.56. The Morgan fingerprint density at radius 1 is 1.45 bits per heavy atom. The molecule has 1 aliphatic heterocycles. The van der Waals surface area contributed by atoms with Crippen LogP contribution >= 0.6 is 0 Å². The summed E-state index contributed by atoms with van der Waals surface area (Å²) >= 11 is 0. The molecule has 1 rings (SSSR count). The van der Waals surface area contributed by atoms with Crippen LogP contribution < -0.4 is 5.32 Å². The summed E-state index contributed by atoms with van der Waals surface area (Å²) in [6, 6.07) is 0.309. The molecule has 20 heavy (non-hydrogen) atoms. The second kappa shape index (κ2) is 7.99. The average molecular weight is 284 g/mol. The normalized spacial score (nSPS) is 25.7. The fraction of sp³-hybridized carbons (Fsp3) is 0.938. The molecule has 0 aliphatic carbocycles. The number of rotatable bonds is 7. The Labute approximate surface area is 123 Å². The number of nitrogens with zero attached hydrogens (tertiary/aromatic N) is 1. The van der Waals surface area contributed by atoms with Crippen LogP contribution in [0.2, 0.25) is 0 Å². The van der Waals surface area contributed by atoms with Crippen LogP contribution in [0.5, 0.6) is 0 Å². The van der Waals surface area contributed by atoms with Gasteiger partial charge in [-0.15, -0.1) is 0 Å². The van der Waals surface area contributed by atoms with E-state index in [0.717, 1.165) is 19.0 Å². The van der Waals surface area contributed by atoms with Gasteiger partial charge in [-0.2, -0.15) is 0 Å². The van der Waals surface area contributed by atoms with Crippen LogP contribution in [0.15, 0.2) is 0 Å². The standard InChI is InChI=1S/C16H32N2O2/c1-5-7-14-8-6-10-18(11-9-14)13(2)12-16(3,17-4)15(19)20/h13-14,17H,5-12H2,1-4H3,(H,19,20). The molecule has 4 nitrogen and oxygen atoms in total. The summed E-state index contributed by atoms with van der Waals surface area (Å²) in [5.41, 5.74) is -0.825. The molecule has 4 heteroatoms. The van der Waals surface area contributed by atoms with Gasteiger partial charge < -0.3 is 15.3 Å². The van der Waals surface area contributed by atoms with E-state index in [4.69, 9.17) is 0 Å². The van der Waals surface area contributed by atoms with Crippen LogP contribution in [-0.2, 0) is 4.79 Å². The van der Waals surface area contributed by atoms with E-state index in [0.29, 0.717) is 12.5 Å². The van der Waals surface area contributed by atoms with E-state index < -0.39 is 11.5 Å². The lowest BCUT2D eigenvalue weighted by Crippen LogP contribution is -2.52. The molecule has 0 saturated carbocycles. The molecule has 0 bridgehead atoms. The topological polar surface area (TPSA) is 52.6 Å². The zero-order valence-electron chi connectivity index (χ0n) is 13.6. The van der Waals surface area contributed by atoms with E-state index in [2.05, 4.69) is 24.1 Å². The molecule has 0 radical (unpaired) electrons. The fourth-order valence-corrected chi connectivity index (χ4v) is 3.34. The van der Waals surface area contributed by atoms with Crippen LogP contribution in [0.4, 0.5) is 0 Å². The monoisotopic (exact) mass is 284 g/mol. The molecule has 118 valence electrons. The number of carboxylic acid groups (broad SMARTS) is 1. The molecule has 3 unspecified atom stereocenters. The van der Waals surface area contributed by atoms with E-state index in [1.165, 1.54) is 32.1 Å². The highest BCUT2D eigenvalue weighted by Gasteiger charge is 2.34. The Balaban J connectivity index is 2.55. The minimum Gasteiger partial charge on any atom is -0.480 e. The molecule has 0 spiro atoms. The highest BCUT2D eigenvalue weighted by molar-refractivity contribution is 5.78. The van der Waals surface area contributed by atoms with E-state index in [9.17, 15) is 9.90 Å². The lowest BCUT2D eigenvalue weighted by atomic mass is 9.93. The second-order valence-electron chi connectivity index (χ2n) is 6.56. The van der Waals surface area contributed by atoms with E-state index in [-0.39, 0.29) is 0 Å². The molecular formula is C16H32N2O2. The number of carbonyl (C=O) groups is 1. The van der Waals surface area contributed by atoms with Crippen LogP contribution in [0.3, 0.4) is 0 Å². The minimum atomic E-state index is -0.825. The largest absolute Gasteiger partial charge is 0.480 e. The van der Waals surface area contributed by atoms with Crippen LogP contribution in [0.25, 0.3) is 0 Å². The first kappa shape index (κ1) is 17.4. The number of likely N-dealkylation sites (tertiary alicyclic amines) is 1. The third kappa shape index (κ3) is 4.74. The zero-order valence-corrected chi connectivity index (χ0v) is 13.6. The molecular weight excluding hydrogens is 252 g/mol. The lowest BCUT2D eigenvalue weighted by Gasteiger charge is -2.34. The van der Waals surface area contributed by atoms with Crippen molar-refractivity contribution in [1.29, 1.82) is 0 Å². The molecule has 3 atom stereocenters. The maximum Gasteiger partial charge on any atom is 0.323 e. The summed E-state index contributed by atoms with van der Waals surface area (Å²) in [6.45, 7) is 8.44. The van der Waals surface area contributed by atoms with Gasteiger partial charge in [0.15, 0.2) is 0 Å². The van der Waals surface area contributed by atoms with Gasteiger partial charge in [0.25, 0.3) is 0 Å². The van der Waals surface area contributed by atoms with Crippen molar-refractivity contribution in [2.24, 2.45) is 5.92 Å². The van der Waals surface area contributed by atoms with Crippen molar-refractivity contribution in [3.8, 4) is 0 Å². The van der Waals surface area contributed by atoms with Crippen LogP contribution in [0.1, 0.15) is 59.3 Å². The fourth-order valence-electron chi connectivity index (χ4n) is 3.34. The zero-order chi connectivity index (χ0) is 15.2. The summed E-state index contributed by atoms with van der Waals surface area (Å²) in [5, 5.41) is 12.3. The summed E-state index contributed by atoms with van der Waals surface area (Å²) in [6.07, 6.45) is 7.11. The van der Waals surface area contributed by atoms with Gasteiger partial charge in [-0.3, -0.25) is 4.79 Å². The van der Waals surface area contributed by atoms with Crippen molar-refractivity contribution in [2.45, 2.75) is 70.9 Å². The molecule has 1 aliphatic rings. The van der Waals surface area contributed by atoms with Crippen molar-refractivity contribution in [1.82, 2.24) is 10.2 Å². The van der Waals surface area contributed by atoms with Crippen molar-refractivity contribution in [3.63, 3.8) is 0 Å². The van der Waals surface area contributed by atoms with Crippen molar-refractivity contribution >= 4 is 5.97 Å². The molecule has 1 heterocycles.